The molecule has 0 aromatic heterocycles. The number of carbonyl (C=O) groups is 1. The van der Waals surface area contributed by atoms with Gasteiger partial charge in [0.1, 0.15) is 0 Å². The zero-order valence-electron chi connectivity index (χ0n) is 16.4. The lowest BCUT2D eigenvalue weighted by atomic mass is 9.68. The van der Waals surface area contributed by atoms with Gasteiger partial charge in [-0.05, 0) is 65.8 Å². The second-order valence-corrected chi connectivity index (χ2v) is 7.67. The van der Waals surface area contributed by atoms with E-state index in [1.54, 1.807) is 0 Å². The molecule has 0 aliphatic heterocycles. The van der Waals surface area contributed by atoms with Crippen molar-refractivity contribution in [1.82, 2.24) is 0 Å². The van der Waals surface area contributed by atoms with Crippen LogP contribution in [0.3, 0.4) is 0 Å². The van der Waals surface area contributed by atoms with Crippen LogP contribution >= 0.6 is 0 Å². The number of carbonyl (C=O) groups excluding carboxylic acids is 1. The lowest BCUT2D eigenvalue weighted by Crippen LogP contribution is -2.35. The van der Waals surface area contributed by atoms with Crippen LogP contribution in [0, 0.1) is 0 Å². The third kappa shape index (κ3) is 3.36. The Labute approximate surface area is 167 Å². The molecule has 1 atom stereocenters. The lowest BCUT2D eigenvalue weighted by Gasteiger charge is -2.33. The molecule has 0 radical (unpaired) electrons. The van der Waals surface area contributed by atoms with Gasteiger partial charge in [-0.3, -0.25) is 4.79 Å². The van der Waals surface area contributed by atoms with Gasteiger partial charge < -0.3 is 0 Å². The van der Waals surface area contributed by atoms with E-state index in [9.17, 15) is 4.79 Å². The summed E-state index contributed by atoms with van der Waals surface area (Å²) in [5.41, 5.74) is 6.08. The number of fused-ring (bicyclic) bond motifs is 1. The number of benzene rings is 3. The molecular formula is C27H24O. The fourth-order valence-corrected chi connectivity index (χ4v) is 4.05. The van der Waals surface area contributed by atoms with Gasteiger partial charge in [0.25, 0.3) is 0 Å². The van der Waals surface area contributed by atoms with Crippen molar-refractivity contribution in [1.29, 1.82) is 0 Å². The van der Waals surface area contributed by atoms with Crippen LogP contribution < -0.4 is 0 Å². The summed E-state index contributed by atoms with van der Waals surface area (Å²) in [5, 5.41) is 0. The highest BCUT2D eigenvalue weighted by Gasteiger charge is 2.38. The van der Waals surface area contributed by atoms with Gasteiger partial charge in [-0.25, -0.2) is 0 Å². The van der Waals surface area contributed by atoms with Crippen molar-refractivity contribution in [2.75, 3.05) is 0 Å². The highest BCUT2D eigenvalue weighted by molar-refractivity contribution is 6.09. The third-order valence-electron chi connectivity index (χ3n) is 5.62. The van der Waals surface area contributed by atoms with Crippen LogP contribution in [0.25, 0.3) is 23.3 Å². The Morgan fingerprint density at radius 3 is 2.25 bits per heavy atom. The summed E-state index contributed by atoms with van der Waals surface area (Å²) in [5.74, 6) is 0.213. The Morgan fingerprint density at radius 2 is 1.54 bits per heavy atom. The van der Waals surface area contributed by atoms with E-state index in [2.05, 4.69) is 73.7 Å². The fourth-order valence-electron chi connectivity index (χ4n) is 4.05. The Bertz CT molecular complexity index is 1060. The lowest BCUT2D eigenvalue weighted by molar-refractivity contribution is -0.120. The summed E-state index contributed by atoms with van der Waals surface area (Å²) < 4.78 is 0. The van der Waals surface area contributed by atoms with E-state index in [0.29, 0.717) is 6.42 Å². The van der Waals surface area contributed by atoms with E-state index < -0.39 is 5.41 Å². The first-order valence-electron chi connectivity index (χ1n) is 9.72. The van der Waals surface area contributed by atoms with E-state index in [1.807, 2.05) is 37.3 Å². The highest BCUT2D eigenvalue weighted by Crippen LogP contribution is 2.40. The average Bonchev–Trinajstić information content (AvgIpc) is 2.73. The highest BCUT2D eigenvalue weighted by atomic mass is 16.1. The molecule has 0 heterocycles. The molecule has 138 valence electrons. The number of Topliss-reactive ketones (excluding diaryl/α,β-unsaturated/α-hetero) is 1. The maximum absolute atomic E-state index is 13.1. The van der Waals surface area contributed by atoms with Gasteiger partial charge in [-0.15, -0.1) is 0 Å². The molecule has 1 aliphatic rings. The van der Waals surface area contributed by atoms with Crippen molar-refractivity contribution in [3.63, 3.8) is 0 Å². The molecule has 0 unspecified atom stereocenters. The quantitative estimate of drug-likeness (QED) is 0.503. The van der Waals surface area contributed by atoms with Crippen molar-refractivity contribution in [3.05, 3.63) is 107 Å². The van der Waals surface area contributed by atoms with Crippen molar-refractivity contribution in [2.45, 2.75) is 25.7 Å². The number of rotatable bonds is 4. The number of hydrogen-bond donors (Lipinski definition) is 0. The summed E-state index contributed by atoms with van der Waals surface area (Å²) in [6, 6.07) is 27.1. The van der Waals surface area contributed by atoms with Crippen LogP contribution in [0.1, 0.15) is 37.0 Å². The van der Waals surface area contributed by atoms with Crippen molar-refractivity contribution >= 4 is 17.9 Å². The molecule has 0 bridgehead atoms. The summed E-state index contributed by atoms with van der Waals surface area (Å²) in [6.07, 6.45) is 6.95. The van der Waals surface area contributed by atoms with Gasteiger partial charge in [0.05, 0.1) is 5.41 Å². The Hall–Kier alpha value is -3.19. The summed E-state index contributed by atoms with van der Waals surface area (Å²) in [4.78, 5) is 13.1. The van der Waals surface area contributed by atoms with Crippen LogP contribution in [0.15, 0.2) is 90.5 Å². The maximum atomic E-state index is 13.1. The van der Waals surface area contributed by atoms with E-state index >= 15 is 0 Å². The molecule has 0 spiro atoms. The monoisotopic (exact) mass is 364 g/mol. The van der Waals surface area contributed by atoms with Crippen LogP contribution in [-0.4, -0.2) is 5.78 Å². The molecular weight excluding hydrogens is 340 g/mol. The molecule has 4 rings (SSSR count). The molecule has 3 aromatic rings. The summed E-state index contributed by atoms with van der Waals surface area (Å²) in [7, 11) is 0. The minimum absolute atomic E-state index is 0.213. The van der Waals surface area contributed by atoms with Crippen molar-refractivity contribution in [2.24, 2.45) is 0 Å². The van der Waals surface area contributed by atoms with E-state index in [-0.39, 0.29) is 5.78 Å². The summed E-state index contributed by atoms with van der Waals surface area (Å²) in [6.45, 7) is 4.00. The molecule has 1 heteroatoms. The average molecular weight is 364 g/mol. The van der Waals surface area contributed by atoms with Gasteiger partial charge >= 0.3 is 0 Å². The number of allylic oxidation sites excluding steroid dienone is 2. The van der Waals surface area contributed by atoms with Crippen LogP contribution in [0.4, 0.5) is 0 Å². The smallest absolute Gasteiger partial charge is 0.169 e. The zero-order valence-corrected chi connectivity index (χ0v) is 16.4. The molecule has 3 aromatic carbocycles. The fraction of sp³-hybridized carbons (Fsp3) is 0.148. The SMILES string of the molecule is CC1=Cc2cc(-c3ccccc3)ccc2[C@](C)(C/C=C/c2ccccc2)C1=O. The largest absolute Gasteiger partial charge is 0.294 e. The minimum Gasteiger partial charge on any atom is -0.294 e. The van der Waals surface area contributed by atoms with Gasteiger partial charge in [-0.1, -0.05) is 84.9 Å². The van der Waals surface area contributed by atoms with Gasteiger partial charge in [0.15, 0.2) is 5.78 Å². The maximum Gasteiger partial charge on any atom is 0.169 e. The van der Waals surface area contributed by atoms with E-state index in [1.165, 1.54) is 11.1 Å². The van der Waals surface area contributed by atoms with Gasteiger partial charge in [-0.2, -0.15) is 0 Å². The van der Waals surface area contributed by atoms with Crippen LogP contribution in [-0.2, 0) is 10.2 Å². The van der Waals surface area contributed by atoms with Crippen molar-refractivity contribution < 1.29 is 4.79 Å². The van der Waals surface area contributed by atoms with Crippen LogP contribution in [0.2, 0.25) is 0 Å². The standard InChI is InChI=1S/C27H24O/c1-20-18-24-19-23(22-13-7-4-8-14-22)15-16-25(24)27(2,26(20)28)17-9-12-21-10-5-3-6-11-21/h3-16,18-19H,17H2,1-2H3/b12-9+/t27-/m0/s1. The topological polar surface area (TPSA) is 17.1 Å². The predicted octanol–water partition coefficient (Wildman–Crippen LogP) is 6.70. The number of ketones is 1. The Balaban J connectivity index is 1.70. The third-order valence-corrected chi connectivity index (χ3v) is 5.62. The molecule has 1 nitrogen and oxygen atoms in total. The zero-order chi connectivity index (χ0) is 19.6. The first kappa shape index (κ1) is 18.2. The van der Waals surface area contributed by atoms with Crippen LogP contribution in [0.5, 0.6) is 0 Å². The second kappa shape index (κ2) is 7.44. The van der Waals surface area contributed by atoms with E-state index in [0.717, 1.165) is 22.3 Å². The molecule has 0 fully saturated rings. The van der Waals surface area contributed by atoms with Crippen molar-refractivity contribution in [3.8, 4) is 11.1 Å². The van der Waals surface area contributed by atoms with Gasteiger partial charge in [0, 0.05) is 0 Å². The molecule has 28 heavy (non-hydrogen) atoms. The Kier molecular flexibility index (Phi) is 4.83. The minimum atomic E-state index is -0.533. The van der Waals surface area contributed by atoms with Gasteiger partial charge in [0.2, 0.25) is 0 Å². The summed E-state index contributed by atoms with van der Waals surface area (Å²) >= 11 is 0. The molecule has 1 aliphatic carbocycles. The predicted molar refractivity (Wildman–Crippen MR) is 118 cm³/mol. The molecule has 0 N–H and O–H groups in total. The molecule has 0 saturated carbocycles. The molecule has 0 saturated heterocycles. The molecule has 0 amide bonds. The first-order valence-corrected chi connectivity index (χ1v) is 9.72. The van der Waals surface area contributed by atoms with E-state index in [4.69, 9.17) is 0 Å². The Morgan fingerprint density at radius 1 is 0.857 bits per heavy atom. The number of hydrogen-bond acceptors (Lipinski definition) is 1. The second-order valence-electron chi connectivity index (χ2n) is 7.67. The first-order chi connectivity index (χ1) is 13.6. The normalized spacial score (nSPS) is 18.8.